The molecule has 1 aromatic carbocycles. The zero-order valence-electron chi connectivity index (χ0n) is 13.6. The van der Waals surface area contributed by atoms with E-state index in [0.717, 1.165) is 38.0 Å². The van der Waals surface area contributed by atoms with Gasteiger partial charge in [-0.1, -0.05) is 30.3 Å². The third kappa shape index (κ3) is 2.87. The molecule has 0 aliphatic carbocycles. The number of hydrogen-bond donors (Lipinski definition) is 1. The van der Waals surface area contributed by atoms with Crippen molar-refractivity contribution in [3.8, 4) is 5.88 Å². The van der Waals surface area contributed by atoms with E-state index in [-0.39, 0.29) is 11.3 Å². The lowest BCUT2D eigenvalue weighted by Crippen LogP contribution is -2.35. The normalized spacial score (nSPS) is 24.8. The van der Waals surface area contributed by atoms with Crippen LogP contribution < -0.4 is 10.1 Å². The molecule has 2 aliphatic rings. The maximum Gasteiger partial charge on any atom is 0.238 e. The molecule has 2 fully saturated rings. The van der Waals surface area contributed by atoms with Crippen LogP contribution in [0.1, 0.15) is 18.4 Å². The van der Waals surface area contributed by atoms with E-state index in [2.05, 4.69) is 15.2 Å². The van der Waals surface area contributed by atoms with Crippen LogP contribution in [0.25, 0.3) is 0 Å². The topological polar surface area (TPSA) is 54.5 Å². The molecule has 2 aromatic rings. The first-order chi connectivity index (χ1) is 11.8. The number of fused-ring (bicyclic) bond motifs is 2. The van der Waals surface area contributed by atoms with Crippen molar-refractivity contribution in [2.75, 3.05) is 25.0 Å². The second kappa shape index (κ2) is 6.24. The number of amides is 1. The zero-order valence-corrected chi connectivity index (χ0v) is 13.6. The van der Waals surface area contributed by atoms with Crippen LogP contribution in [0.5, 0.6) is 5.88 Å². The van der Waals surface area contributed by atoms with E-state index in [4.69, 9.17) is 4.74 Å². The number of rotatable bonds is 5. The van der Waals surface area contributed by atoms with E-state index in [9.17, 15) is 4.79 Å². The summed E-state index contributed by atoms with van der Waals surface area (Å²) in [5.74, 6) is 0.569. The average Bonchev–Trinajstić information content (AvgIpc) is 3.24. The molecular weight excluding hydrogens is 302 g/mol. The SMILES string of the molecule is O=C(Nc1cccnc1OCc1ccccc1)C12CCN(CC1)C2. The lowest BCUT2D eigenvalue weighted by atomic mass is 9.83. The first-order valence-corrected chi connectivity index (χ1v) is 8.41. The number of anilines is 1. The van der Waals surface area contributed by atoms with Gasteiger partial charge in [-0.3, -0.25) is 4.79 Å². The number of carbonyl (C=O) groups excluding carboxylic acids is 1. The van der Waals surface area contributed by atoms with Gasteiger partial charge in [0.05, 0.1) is 5.41 Å². The molecule has 2 aliphatic heterocycles. The third-order valence-corrected chi connectivity index (χ3v) is 5.06. The Morgan fingerprint density at radius 1 is 1.17 bits per heavy atom. The van der Waals surface area contributed by atoms with Gasteiger partial charge >= 0.3 is 0 Å². The Balaban J connectivity index is 1.46. The van der Waals surface area contributed by atoms with E-state index in [1.165, 1.54) is 0 Å². The van der Waals surface area contributed by atoms with Gasteiger partial charge in [-0.15, -0.1) is 0 Å². The standard InChI is InChI=1S/C19H21N3O2/c23-18(19-8-11-22(14-19)12-9-19)21-16-7-4-10-20-17(16)24-13-15-5-2-1-3-6-15/h1-7,10H,8-9,11-14H2,(H,21,23). The molecule has 2 saturated heterocycles. The van der Waals surface area contributed by atoms with E-state index in [0.29, 0.717) is 18.2 Å². The molecule has 0 spiro atoms. The highest BCUT2D eigenvalue weighted by molar-refractivity contribution is 5.97. The summed E-state index contributed by atoms with van der Waals surface area (Å²) in [5.41, 5.74) is 1.49. The molecule has 24 heavy (non-hydrogen) atoms. The number of carbonyl (C=O) groups is 1. The van der Waals surface area contributed by atoms with Crippen LogP contribution in [0.15, 0.2) is 48.7 Å². The van der Waals surface area contributed by atoms with Crippen LogP contribution in [-0.2, 0) is 11.4 Å². The lowest BCUT2D eigenvalue weighted by Gasteiger charge is -2.24. The van der Waals surface area contributed by atoms with Crippen LogP contribution in [0.3, 0.4) is 0 Å². The minimum Gasteiger partial charge on any atom is -0.471 e. The summed E-state index contributed by atoms with van der Waals surface area (Å²) in [6.45, 7) is 3.36. The van der Waals surface area contributed by atoms with Crippen molar-refractivity contribution in [1.29, 1.82) is 0 Å². The van der Waals surface area contributed by atoms with Crippen molar-refractivity contribution in [2.24, 2.45) is 5.41 Å². The maximum atomic E-state index is 12.8. The second-order valence-corrected chi connectivity index (χ2v) is 6.64. The van der Waals surface area contributed by atoms with E-state index < -0.39 is 0 Å². The Kier molecular flexibility index (Phi) is 3.94. The number of aromatic nitrogens is 1. The van der Waals surface area contributed by atoms with Gasteiger partial charge in [0.1, 0.15) is 12.3 Å². The quantitative estimate of drug-likeness (QED) is 0.919. The number of hydrogen-bond acceptors (Lipinski definition) is 4. The average molecular weight is 323 g/mol. The highest BCUT2D eigenvalue weighted by atomic mass is 16.5. The van der Waals surface area contributed by atoms with Crippen molar-refractivity contribution >= 4 is 11.6 Å². The molecule has 0 atom stereocenters. The van der Waals surface area contributed by atoms with Gasteiger partial charge in [0.25, 0.3) is 0 Å². The molecule has 1 amide bonds. The predicted molar refractivity (Wildman–Crippen MR) is 91.7 cm³/mol. The van der Waals surface area contributed by atoms with Gasteiger partial charge < -0.3 is 15.0 Å². The smallest absolute Gasteiger partial charge is 0.238 e. The molecule has 4 rings (SSSR count). The van der Waals surface area contributed by atoms with E-state index >= 15 is 0 Å². The number of nitrogens with one attached hydrogen (secondary N) is 1. The van der Waals surface area contributed by atoms with Crippen molar-refractivity contribution in [2.45, 2.75) is 19.4 Å². The summed E-state index contributed by atoms with van der Waals surface area (Å²) in [7, 11) is 0. The van der Waals surface area contributed by atoms with Gasteiger partial charge in [-0.25, -0.2) is 4.98 Å². The van der Waals surface area contributed by atoms with Gasteiger partial charge in [-0.05, 0) is 43.6 Å². The van der Waals surface area contributed by atoms with Crippen LogP contribution in [0, 0.1) is 5.41 Å². The van der Waals surface area contributed by atoms with Crippen molar-refractivity contribution in [1.82, 2.24) is 9.88 Å². The Morgan fingerprint density at radius 3 is 2.67 bits per heavy atom. The van der Waals surface area contributed by atoms with Crippen LogP contribution >= 0.6 is 0 Å². The minimum atomic E-state index is -0.230. The first-order valence-electron chi connectivity index (χ1n) is 8.41. The molecule has 1 N–H and O–H groups in total. The van der Waals surface area contributed by atoms with Gasteiger partial charge in [0, 0.05) is 12.7 Å². The largest absolute Gasteiger partial charge is 0.471 e. The van der Waals surface area contributed by atoms with Crippen molar-refractivity contribution in [3.63, 3.8) is 0 Å². The Labute approximate surface area is 141 Å². The van der Waals surface area contributed by atoms with Crippen LogP contribution in [0.2, 0.25) is 0 Å². The summed E-state index contributed by atoms with van der Waals surface area (Å²) in [5, 5.41) is 3.05. The lowest BCUT2D eigenvalue weighted by molar-refractivity contribution is -0.124. The molecule has 124 valence electrons. The summed E-state index contributed by atoms with van der Waals surface area (Å²) >= 11 is 0. The number of ether oxygens (including phenoxy) is 1. The Hall–Kier alpha value is -2.40. The number of nitrogens with zero attached hydrogens (tertiary/aromatic N) is 2. The van der Waals surface area contributed by atoms with Crippen LogP contribution in [-0.4, -0.2) is 35.4 Å². The third-order valence-electron chi connectivity index (χ3n) is 5.06. The predicted octanol–water partition coefficient (Wildman–Crippen LogP) is 2.69. The molecule has 5 nitrogen and oxygen atoms in total. The second-order valence-electron chi connectivity index (χ2n) is 6.64. The summed E-state index contributed by atoms with van der Waals surface area (Å²) in [6, 6.07) is 13.6. The highest BCUT2D eigenvalue weighted by Crippen LogP contribution is 2.41. The zero-order chi connectivity index (χ0) is 16.4. The number of pyridine rings is 1. The van der Waals surface area contributed by atoms with Crippen molar-refractivity contribution in [3.05, 3.63) is 54.2 Å². The summed E-state index contributed by atoms with van der Waals surface area (Å²) in [4.78, 5) is 19.4. The van der Waals surface area contributed by atoms with Gasteiger partial charge in [0.2, 0.25) is 11.8 Å². The monoisotopic (exact) mass is 323 g/mol. The molecular formula is C19H21N3O2. The summed E-state index contributed by atoms with van der Waals surface area (Å²) < 4.78 is 5.83. The fraction of sp³-hybridized carbons (Fsp3) is 0.368. The highest BCUT2D eigenvalue weighted by Gasteiger charge is 2.49. The molecule has 1 aromatic heterocycles. The molecule has 5 heteroatoms. The Bertz CT molecular complexity index is 724. The molecule has 0 radical (unpaired) electrons. The van der Waals surface area contributed by atoms with Crippen LogP contribution in [0.4, 0.5) is 5.69 Å². The van der Waals surface area contributed by atoms with E-state index in [1.54, 1.807) is 6.20 Å². The van der Waals surface area contributed by atoms with Gasteiger partial charge in [-0.2, -0.15) is 0 Å². The van der Waals surface area contributed by atoms with Gasteiger partial charge in [0.15, 0.2) is 0 Å². The maximum absolute atomic E-state index is 12.8. The number of piperidine rings is 1. The summed E-state index contributed by atoms with van der Waals surface area (Å²) in [6.07, 6.45) is 3.57. The molecule has 0 saturated carbocycles. The fourth-order valence-corrected chi connectivity index (χ4v) is 3.61. The first kappa shape index (κ1) is 15.1. The molecule has 0 unspecified atom stereocenters. The minimum absolute atomic E-state index is 0.0973. The molecule has 2 bridgehead atoms. The fourth-order valence-electron chi connectivity index (χ4n) is 3.61. The molecule has 3 heterocycles. The Morgan fingerprint density at radius 2 is 1.96 bits per heavy atom. The van der Waals surface area contributed by atoms with Crippen molar-refractivity contribution < 1.29 is 9.53 Å². The number of benzene rings is 1. The van der Waals surface area contributed by atoms with E-state index in [1.807, 2.05) is 42.5 Å².